The first-order valence-electron chi connectivity index (χ1n) is 7.17. The molecule has 6 nitrogen and oxygen atoms in total. The maximum atomic E-state index is 12.4. The first-order valence-corrected chi connectivity index (χ1v) is 7.96. The van der Waals surface area contributed by atoms with Crippen LogP contribution in [0.15, 0.2) is 34.3 Å². The Balaban J connectivity index is 1.90. The largest absolute Gasteiger partial charge is 0.454 e. The lowest BCUT2D eigenvalue weighted by Crippen LogP contribution is -2.25. The fraction of sp³-hybridized carbons (Fsp3) is 0.176. The summed E-state index contributed by atoms with van der Waals surface area (Å²) in [4.78, 5) is 12.4. The van der Waals surface area contributed by atoms with Gasteiger partial charge in [0.15, 0.2) is 11.5 Å². The number of hydrogen-bond donors (Lipinski definition) is 1. The fourth-order valence-corrected chi connectivity index (χ4v) is 2.79. The third kappa shape index (κ3) is 3.01. The number of nitriles is 1. The Labute approximate surface area is 147 Å². The summed E-state index contributed by atoms with van der Waals surface area (Å²) in [7, 11) is 0. The average Bonchev–Trinajstić information content (AvgIpc) is 3.13. The van der Waals surface area contributed by atoms with Crippen molar-refractivity contribution < 1.29 is 14.3 Å². The van der Waals surface area contributed by atoms with Crippen molar-refractivity contribution in [1.82, 2.24) is 4.68 Å². The molecule has 1 aliphatic heterocycles. The van der Waals surface area contributed by atoms with E-state index >= 15 is 0 Å². The van der Waals surface area contributed by atoms with E-state index < -0.39 is 5.91 Å². The van der Waals surface area contributed by atoms with E-state index in [1.807, 2.05) is 32.0 Å². The molecule has 1 aromatic carbocycles. The molecule has 0 unspecified atom stereocenters. The van der Waals surface area contributed by atoms with E-state index in [9.17, 15) is 10.1 Å². The van der Waals surface area contributed by atoms with Crippen molar-refractivity contribution in [2.75, 3.05) is 12.2 Å². The second-order valence-electron chi connectivity index (χ2n) is 5.29. The summed E-state index contributed by atoms with van der Waals surface area (Å²) < 4.78 is 13.0. The van der Waals surface area contributed by atoms with Crippen LogP contribution in [0.5, 0.6) is 11.5 Å². The van der Waals surface area contributed by atoms with E-state index in [4.69, 9.17) is 9.47 Å². The smallest absolute Gasteiger partial charge is 0.280 e. The van der Waals surface area contributed by atoms with Gasteiger partial charge >= 0.3 is 0 Å². The van der Waals surface area contributed by atoms with Crippen LogP contribution in [0.1, 0.15) is 17.0 Å². The highest BCUT2D eigenvalue weighted by Gasteiger charge is 2.17. The van der Waals surface area contributed by atoms with Gasteiger partial charge in [-0.25, -0.2) is 0 Å². The minimum atomic E-state index is -0.482. The molecule has 1 aliphatic rings. The molecular weight excluding hydrogens is 374 g/mol. The average molecular weight is 388 g/mol. The molecule has 24 heavy (non-hydrogen) atoms. The Hall–Kier alpha value is -2.72. The number of rotatable bonds is 3. The predicted molar refractivity (Wildman–Crippen MR) is 92.1 cm³/mol. The molecule has 1 amide bonds. The van der Waals surface area contributed by atoms with Crippen LogP contribution in [0.4, 0.5) is 0 Å². The fourth-order valence-electron chi connectivity index (χ4n) is 2.35. The number of carbonyl (C=O) groups excluding carboxylic acids is 1. The zero-order valence-corrected chi connectivity index (χ0v) is 14.7. The number of aryl methyl sites for hydroxylation is 2. The van der Waals surface area contributed by atoms with E-state index in [-0.39, 0.29) is 12.4 Å². The van der Waals surface area contributed by atoms with E-state index in [1.165, 1.54) is 6.08 Å². The van der Waals surface area contributed by atoms with Crippen LogP contribution in [-0.4, -0.2) is 17.4 Å². The maximum Gasteiger partial charge on any atom is 0.280 e. The third-order valence-corrected chi connectivity index (χ3v) is 4.33. The number of hydrogen-bond acceptors (Lipinski definition) is 4. The van der Waals surface area contributed by atoms with Crippen LogP contribution < -0.4 is 14.9 Å². The highest BCUT2D eigenvalue weighted by Crippen LogP contribution is 2.37. The summed E-state index contributed by atoms with van der Waals surface area (Å²) >= 11 is 3.41. The minimum Gasteiger partial charge on any atom is -0.454 e. The second-order valence-corrected chi connectivity index (χ2v) is 6.14. The molecule has 0 fully saturated rings. The Morgan fingerprint density at radius 3 is 2.54 bits per heavy atom. The van der Waals surface area contributed by atoms with Crippen LogP contribution in [0.25, 0.3) is 6.08 Å². The van der Waals surface area contributed by atoms with Gasteiger partial charge in [0, 0.05) is 15.9 Å². The molecule has 0 bridgehead atoms. The first-order chi connectivity index (χ1) is 11.5. The molecule has 7 heteroatoms. The highest BCUT2D eigenvalue weighted by molar-refractivity contribution is 9.10. The zero-order valence-electron chi connectivity index (χ0n) is 13.1. The minimum absolute atomic E-state index is 0.0120. The SMILES string of the molecule is Cc1ccc(C)n1NC(=O)/C(C#N)=C/c1cc2c(cc1Br)OCO2. The van der Waals surface area contributed by atoms with E-state index in [0.29, 0.717) is 21.5 Å². The van der Waals surface area contributed by atoms with Crippen molar-refractivity contribution in [2.45, 2.75) is 13.8 Å². The molecule has 0 atom stereocenters. The van der Waals surface area contributed by atoms with Gasteiger partial charge in [0.05, 0.1) is 0 Å². The number of halogens is 1. The molecule has 3 rings (SSSR count). The van der Waals surface area contributed by atoms with Crippen molar-refractivity contribution in [1.29, 1.82) is 5.26 Å². The molecule has 0 radical (unpaired) electrons. The van der Waals surface area contributed by atoms with Gasteiger partial charge in [-0.15, -0.1) is 0 Å². The number of nitrogens with one attached hydrogen (secondary N) is 1. The summed E-state index contributed by atoms with van der Waals surface area (Å²) in [6, 6.07) is 9.19. The first kappa shape index (κ1) is 16.1. The standard InChI is InChI=1S/C17H14BrN3O3/c1-10-3-4-11(2)21(10)20-17(22)13(8-19)5-12-6-15-16(7-14(12)18)24-9-23-15/h3-7H,9H2,1-2H3,(H,20,22)/b13-5+. The van der Waals surface area contributed by atoms with Gasteiger partial charge in [0.1, 0.15) is 11.6 Å². The van der Waals surface area contributed by atoms with Crippen LogP contribution in [0.3, 0.4) is 0 Å². The molecule has 1 aromatic heterocycles. The van der Waals surface area contributed by atoms with Gasteiger partial charge in [0.2, 0.25) is 6.79 Å². The lowest BCUT2D eigenvalue weighted by Gasteiger charge is -2.10. The Morgan fingerprint density at radius 2 is 1.92 bits per heavy atom. The summed E-state index contributed by atoms with van der Waals surface area (Å²) in [5.41, 5.74) is 5.12. The van der Waals surface area contributed by atoms with Gasteiger partial charge in [-0.1, -0.05) is 15.9 Å². The lowest BCUT2D eigenvalue weighted by atomic mass is 10.1. The van der Waals surface area contributed by atoms with Gasteiger partial charge in [-0.05, 0) is 49.8 Å². The predicted octanol–water partition coefficient (Wildman–Crippen LogP) is 3.27. The normalized spacial score (nSPS) is 12.8. The van der Waals surface area contributed by atoms with Crippen LogP contribution in [-0.2, 0) is 4.79 Å². The third-order valence-electron chi connectivity index (χ3n) is 3.64. The quantitative estimate of drug-likeness (QED) is 0.647. The number of amides is 1. The Morgan fingerprint density at radius 1 is 1.29 bits per heavy atom. The Bertz CT molecular complexity index is 874. The van der Waals surface area contributed by atoms with Gasteiger partial charge in [-0.2, -0.15) is 5.26 Å². The van der Waals surface area contributed by atoms with Crippen molar-refractivity contribution in [2.24, 2.45) is 0 Å². The number of benzene rings is 1. The summed E-state index contributed by atoms with van der Waals surface area (Å²) in [5, 5.41) is 9.35. The number of ether oxygens (including phenoxy) is 2. The van der Waals surface area contributed by atoms with Crippen molar-refractivity contribution in [3.05, 3.63) is 51.3 Å². The number of aromatic nitrogens is 1. The maximum absolute atomic E-state index is 12.4. The molecule has 2 heterocycles. The van der Waals surface area contributed by atoms with Crippen LogP contribution in [0.2, 0.25) is 0 Å². The molecule has 1 N–H and O–H groups in total. The van der Waals surface area contributed by atoms with E-state index in [1.54, 1.807) is 16.8 Å². The lowest BCUT2D eigenvalue weighted by molar-refractivity contribution is -0.113. The van der Waals surface area contributed by atoms with Crippen LogP contribution in [0, 0.1) is 25.2 Å². The summed E-state index contributed by atoms with van der Waals surface area (Å²) in [5.74, 6) is 0.726. The molecule has 0 saturated carbocycles. The highest BCUT2D eigenvalue weighted by atomic mass is 79.9. The summed E-state index contributed by atoms with van der Waals surface area (Å²) in [6.45, 7) is 3.90. The zero-order chi connectivity index (χ0) is 17.3. The molecule has 0 aliphatic carbocycles. The van der Waals surface area contributed by atoms with Crippen molar-refractivity contribution in [3.8, 4) is 17.6 Å². The molecule has 122 valence electrons. The second kappa shape index (κ2) is 6.42. The molecular formula is C17H14BrN3O3. The van der Waals surface area contributed by atoms with Crippen molar-refractivity contribution >= 4 is 27.9 Å². The van der Waals surface area contributed by atoms with E-state index in [0.717, 1.165) is 11.4 Å². The molecule has 2 aromatic rings. The van der Waals surface area contributed by atoms with Gasteiger partial charge in [-0.3, -0.25) is 14.9 Å². The monoisotopic (exact) mass is 387 g/mol. The topological polar surface area (TPSA) is 76.3 Å². The number of carbonyl (C=O) groups is 1. The number of nitrogens with zero attached hydrogens (tertiary/aromatic N) is 2. The van der Waals surface area contributed by atoms with Gasteiger partial charge in [0.25, 0.3) is 5.91 Å². The summed E-state index contributed by atoms with van der Waals surface area (Å²) in [6.07, 6.45) is 1.51. The van der Waals surface area contributed by atoms with E-state index in [2.05, 4.69) is 21.4 Å². The molecule has 0 spiro atoms. The Kier molecular flexibility index (Phi) is 4.32. The van der Waals surface area contributed by atoms with Gasteiger partial charge < -0.3 is 9.47 Å². The number of fused-ring (bicyclic) bond motifs is 1. The van der Waals surface area contributed by atoms with Crippen LogP contribution >= 0.6 is 15.9 Å². The van der Waals surface area contributed by atoms with Crippen molar-refractivity contribution in [3.63, 3.8) is 0 Å². The molecule has 0 saturated heterocycles.